The van der Waals surface area contributed by atoms with Gasteiger partial charge in [-0.25, -0.2) is 4.79 Å². The summed E-state index contributed by atoms with van der Waals surface area (Å²) in [6.07, 6.45) is 2.54. The molecule has 0 aliphatic rings. The zero-order chi connectivity index (χ0) is 24.8. The second kappa shape index (κ2) is 11.7. The van der Waals surface area contributed by atoms with Crippen molar-refractivity contribution in [1.29, 1.82) is 0 Å². The summed E-state index contributed by atoms with van der Waals surface area (Å²) < 4.78 is 7.00. The number of hydrogen-bond donors (Lipinski definition) is 2. The summed E-state index contributed by atoms with van der Waals surface area (Å²) in [5, 5.41) is 12.7. The van der Waals surface area contributed by atoms with Gasteiger partial charge in [-0.05, 0) is 48.5 Å². The zero-order valence-electron chi connectivity index (χ0n) is 18.8. The van der Waals surface area contributed by atoms with Crippen molar-refractivity contribution in [3.05, 3.63) is 98.5 Å². The van der Waals surface area contributed by atoms with Crippen molar-refractivity contribution in [2.45, 2.75) is 19.9 Å². The van der Waals surface area contributed by atoms with Gasteiger partial charge in [0.15, 0.2) is 10.9 Å². The second-order valence-corrected chi connectivity index (χ2v) is 9.92. The molecule has 2 heterocycles. The maximum absolute atomic E-state index is 12.5. The van der Waals surface area contributed by atoms with Crippen molar-refractivity contribution in [3.8, 4) is 0 Å². The zero-order valence-corrected chi connectivity index (χ0v) is 21.9. The highest BCUT2D eigenvalue weighted by atomic mass is 35.5. The Labute approximate surface area is 222 Å². The molecule has 4 rings (SSSR count). The van der Waals surface area contributed by atoms with E-state index in [1.807, 2.05) is 48.7 Å². The first-order valence-electron chi connectivity index (χ1n) is 10.8. The number of ether oxygens (including phenoxy) is 1. The molecule has 0 fully saturated rings. The maximum Gasteiger partial charge on any atom is 0.341 e. The molecule has 2 N–H and O–H groups in total. The largest absolute Gasteiger partial charge is 0.462 e. The van der Waals surface area contributed by atoms with Crippen LogP contribution in [0.2, 0.25) is 10.0 Å². The number of hydrogen-bond acceptors (Lipinski definition) is 5. The fourth-order valence-electron chi connectivity index (χ4n) is 3.37. The van der Waals surface area contributed by atoms with Crippen LogP contribution in [0, 0.1) is 0 Å². The average molecular weight is 546 g/mol. The number of benzene rings is 2. The monoisotopic (exact) mass is 544 g/mol. The number of carbonyl (C=O) groups is 1. The number of thiophene rings is 1. The lowest BCUT2D eigenvalue weighted by Crippen LogP contribution is -2.20. The summed E-state index contributed by atoms with van der Waals surface area (Å²) in [7, 11) is 0. The van der Waals surface area contributed by atoms with Crippen LogP contribution in [0.4, 0.5) is 10.8 Å². The Morgan fingerprint density at radius 2 is 1.86 bits per heavy atom. The van der Waals surface area contributed by atoms with E-state index in [0.717, 1.165) is 16.0 Å². The predicted molar refractivity (Wildman–Crippen MR) is 147 cm³/mol. The first kappa shape index (κ1) is 25.2. The van der Waals surface area contributed by atoms with Gasteiger partial charge in [0.1, 0.15) is 5.00 Å². The van der Waals surface area contributed by atoms with Gasteiger partial charge in [-0.3, -0.25) is 4.68 Å². The number of thiocarbonyl (C=S) groups is 1. The lowest BCUT2D eigenvalue weighted by Gasteiger charge is -2.09. The van der Waals surface area contributed by atoms with Gasteiger partial charge in [-0.2, -0.15) is 5.10 Å². The summed E-state index contributed by atoms with van der Waals surface area (Å²) >= 11 is 19.0. The van der Waals surface area contributed by atoms with Crippen LogP contribution in [-0.2, 0) is 17.7 Å². The molecule has 0 saturated heterocycles. The number of nitrogens with one attached hydrogen (secondary N) is 2. The lowest BCUT2D eigenvalue weighted by molar-refractivity contribution is 0.0528. The number of esters is 1. The van der Waals surface area contributed by atoms with Crippen LogP contribution >= 0.6 is 46.8 Å². The Kier molecular flexibility index (Phi) is 8.41. The maximum atomic E-state index is 12.5. The summed E-state index contributed by atoms with van der Waals surface area (Å²) in [5.41, 5.74) is 2.58. The minimum atomic E-state index is -0.390. The number of rotatable bonds is 8. The van der Waals surface area contributed by atoms with Gasteiger partial charge < -0.3 is 15.4 Å². The highest BCUT2D eigenvalue weighted by Gasteiger charge is 2.19. The van der Waals surface area contributed by atoms with Gasteiger partial charge in [-0.1, -0.05) is 59.6 Å². The molecular formula is C25H22Cl2N4O2S2. The average Bonchev–Trinajstić information content (AvgIpc) is 3.43. The Bertz CT molecular complexity index is 1340. The summed E-state index contributed by atoms with van der Waals surface area (Å²) in [6.45, 7) is 2.60. The Balaban J connectivity index is 1.44. The van der Waals surface area contributed by atoms with E-state index in [1.54, 1.807) is 17.7 Å². The SMILES string of the molecule is CCOC(=O)c1cc(Cc2ccccc2)sc1NC(=S)Nc1ccn(Cc2ccc(Cl)c(Cl)c2)n1. The van der Waals surface area contributed by atoms with Gasteiger partial charge in [-0.15, -0.1) is 11.3 Å². The van der Waals surface area contributed by atoms with Gasteiger partial charge in [0.25, 0.3) is 0 Å². The van der Waals surface area contributed by atoms with Gasteiger partial charge in [0.2, 0.25) is 0 Å². The van der Waals surface area contributed by atoms with Crippen molar-refractivity contribution in [1.82, 2.24) is 9.78 Å². The van der Waals surface area contributed by atoms with Crippen LogP contribution in [0.5, 0.6) is 0 Å². The van der Waals surface area contributed by atoms with E-state index in [2.05, 4.69) is 27.9 Å². The van der Waals surface area contributed by atoms with Crippen LogP contribution in [0.1, 0.15) is 33.3 Å². The van der Waals surface area contributed by atoms with E-state index in [0.29, 0.717) is 51.1 Å². The highest BCUT2D eigenvalue weighted by Crippen LogP contribution is 2.31. The van der Waals surface area contributed by atoms with E-state index in [1.165, 1.54) is 11.3 Å². The van der Waals surface area contributed by atoms with Gasteiger partial charge in [0.05, 0.1) is 28.8 Å². The van der Waals surface area contributed by atoms with Gasteiger partial charge >= 0.3 is 5.97 Å². The molecule has 0 amide bonds. The number of carbonyl (C=O) groups excluding carboxylic acids is 1. The highest BCUT2D eigenvalue weighted by molar-refractivity contribution is 7.80. The molecule has 0 atom stereocenters. The third-order valence-electron chi connectivity index (χ3n) is 4.94. The van der Waals surface area contributed by atoms with Crippen LogP contribution in [-0.4, -0.2) is 27.5 Å². The minimum absolute atomic E-state index is 0.293. The molecule has 180 valence electrons. The fraction of sp³-hybridized carbons (Fsp3) is 0.160. The van der Waals surface area contributed by atoms with Gasteiger partial charge in [0, 0.05) is 23.6 Å². The Hall–Kier alpha value is -2.91. The van der Waals surface area contributed by atoms with Crippen LogP contribution in [0.15, 0.2) is 66.9 Å². The standard InChI is InChI=1S/C25H22Cl2N4O2S2/c1-2-33-24(32)19-14-18(12-16-6-4-3-5-7-16)35-23(19)29-25(34)28-22-10-11-31(30-22)15-17-8-9-20(26)21(27)13-17/h3-11,13-14H,2,12,15H2,1H3,(H2,28,29,30,34). The molecule has 4 aromatic rings. The molecule has 2 aromatic carbocycles. The Morgan fingerprint density at radius 3 is 2.60 bits per heavy atom. The third kappa shape index (κ3) is 6.82. The number of aromatic nitrogens is 2. The molecule has 0 bridgehead atoms. The summed E-state index contributed by atoms with van der Waals surface area (Å²) in [4.78, 5) is 13.6. The molecule has 2 aromatic heterocycles. The molecule has 35 heavy (non-hydrogen) atoms. The Morgan fingerprint density at radius 1 is 1.06 bits per heavy atom. The van der Waals surface area contributed by atoms with Crippen molar-refractivity contribution in [3.63, 3.8) is 0 Å². The summed E-state index contributed by atoms with van der Waals surface area (Å²) in [6, 6.07) is 19.2. The summed E-state index contributed by atoms with van der Waals surface area (Å²) in [5.74, 6) is 0.181. The lowest BCUT2D eigenvalue weighted by atomic mass is 10.1. The number of halogens is 2. The molecule has 0 radical (unpaired) electrons. The predicted octanol–water partition coefficient (Wildman–Crippen LogP) is 6.88. The van der Waals surface area contributed by atoms with E-state index in [4.69, 9.17) is 40.2 Å². The van der Waals surface area contributed by atoms with E-state index in [-0.39, 0.29) is 5.97 Å². The molecule has 0 unspecified atom stereocenters. The second-order valence-electron chi connectivity index (χ2n) is 7.56. The first-order valence-corrected chi connectivity index (χ1v) is 12.8. The van der Waals surface area contributed by atoms with E-state index < -0.39 is 0 Å². The third-order valence-corrected chi connectivity index (χ3v) is 6.93. The van der Waals surface area contributed by atoms with Crippen molar-refractivity contribution >= 4 is 68.7 Å². The molecule has 0 saturated carbocycles. The smallest absolute Gasteiger partial charge is 0.341 e. The molecule has 0 spiro atoms. The molecule has 6 nitrogen and oxygen atoms in total. The minimum Gasteiger partial charge on any atom is -0.462 e. The van der Waals surface area contributed by atoms with Crippen LogP contribution in [0.3, 0.4) is 0 Å². The molecular weight excluding hydrogens is 523 g/mol. The number of anilines is 2. The van der Waals surface area contributed by atoms with E-state index in [9.17, 15) is 4.79 Å². The number of nitrogens with zero attached hydrogens (tertiary/aromatic N) is 2. The fourth-order valence-corrected chi connectivity index (χ4v) is 5.05. The van der Waals surface area contributed by atoms with Crippen LogP contribution < -0.4 is 10.6 Å². The normalized spacial score (nSPS) is 10.7. The molecule has 10 heteroatoms. The topological polar surface area (TPSA) is 68.2 Å². The van der Waals surface area contributed by atoms with Crippen LogP contribution in [0.25, 0.3) is 0 Å². The van der Waals surface area contributed by atoms with Crippen molar-refractivity contribution in [2.75, 3.05) is 17.2 Å². The van der Waals surface area contributed by atoms with E-state index >= 15 is 0 Å². The van der Waals surface area contributed by atoms with Crippen molar-refractivity contribution < 1.29 is 9.53 Å². The molecule has 0 aliphatic heterocycles. The van der Waals surface area contributed by atoms with Crippen molar-refractivity contribution in [2.24, 2.45) is 0 Å². The first-order chi connectivity index (χ1) is 16.9. The quantitative estimate of drug-likeness (QED) is 0.186. The molecule has 0 aliphatic carbocycles.